The fraction of sp³-hybridized carbons (Fsp3) is 0.281. The van der Waals surface area contributed by atoms with Gasteiger partial charge in [-0.1, -0.05) is 37.6 Å². The van der Waals surface area contributed by atoms with Crippen molar-refractivity contribution in [2.45, 2.75) is 32.6 Å². The number of nitrogens with zero attached hydrogens (tertiary/aromatic N) is 6. The molecule has 1 aliphatic rings. The van der Waals surface area contributed by atoms with E-state index < -0.39 is 0 Å². The summed E-state index contributed by atoms with van der Waals surface area (Å²) in [6, 6.07) is 17.5. The van der Waals surface area contributed by atoms with E-state index in [1.165, 1.54) is 23.0 Å². The first kappa shape index (κ1) is 28.4. The zero-order valence-electron chi connectivity index (χ0n) is 23.8. The number of piperidine rings is 1. The summed E-state index contributed by atoms with van der Waals surface area (Å²) in [4.78, 5) is 33.6. The second-order valence-electron chi connectivity index (χ2n) is 9.99. The molecule has 6 rings (SSSR count). The summed E-state index contributed by atoms with van der Waals surface area (Å²) in [6.45, 7) is 6.27. The maximum Gasteiger partial charge on any atom is 0.259 e. The van der Waals surface area contributed by atoms with Gasteiger partial charge in [0.25, 0.3) is 5.56 Å². The minimum Gasteiger partial charge on any atom is -0.324 e. The highest BCUT2D eigenvalue weighted by molar-refractivity contribution is 6.33. The van der Waals surface area contributed by atoms with Crippen molar-refractivity contribution in [3.63, 3.8) is 0 Å². The Morgan fingerprint density at radius 1 is 0.902 bits per heavy atom. The molecular weight excluding hydrogens is 534 g/mol. The number of hydrogen-bond acceptors (Lipinski definition) is 7. The average molecular weight is 568 g/mol. The molecule has 9 heteroatoms. The molecule has 41 heavy (non-hydrogen) atoms. The van der Waals surface area contributed by atoms with Crippen LogP contribution >= 0.6 is 11.6 Å². The normalized spacial score (nSPS) is 14.0. The lowest BCUT2D eigenvalue weighted by atomic mass is 9.89. The topological polar surface area (TPSA) is 88.8 Å². The van der Waals surface area contributed by atoms with Crippen molar-refractivity contribution in [3.05, 3.63) is 94.1 Å². The van der Waals surface area contributed by atoms with Gasteiger partial charge in [0.05, 0.1) is 0 Å². The Bertz CT molecular complexity index is 1700. The van der Waals surface area contributed by atoms with Crippen molar-refractivity contribution in [2.24, 2.45) is 7.05 Å². The van der Waals surface area contributed by atoms with Crippen LogP contribution in [-0.4, -0.2) is 49.5 Å². The highest BCUT2D eigenvalue weighted by Gasteiger charge is 2.19. The van der Waals surface area contributed by atoms with E-state index in [1.54, 1.807) is 43.8 Å². The largest absolute Gasteiger partial charge is 0.324 e. The molecule has 4 heterocycles. The van der Waals surface area contributed by atoms with Gasteiger partial charge in [0.2, 0.25) is 5.95 Å². The molecular formula is C32H34ClN7O. The number of likely N-dealkylation sites (tertiary alicyclic amines) is 1. The molecule has 0 radical (unpaired) electrons. The summed E-state index contributed by atoms with van der Waals surface area (Å²) in [5.74, 6) is 1.59. The number of aryl methyl sites for hydroxylation is 1. The van der Waals surface area contributed by atoms with E-state index >= 15 is 0 Å². The van der Waals surface area contributed by atoms with Crippen LogP contribution in [-0.2, 0) is 7.05 Å². The van der Waals surface area contributed by atoms with Gasteiger partial charge in [-0.05, 0) is 86.9 Å². The SMILES string of the molecule is CC.CN1CCC(c2ccc(Nc3ncc4cc(-c5cc(-c6ncccn6)ccc5Cl)c(=O)n(C)c4n3)cc2)CC1. The number of nitrogens with one attached hydrogen (secondary N) is 1. The quantitative estimate of drug-likeness (QED) is 0.253. The van der Waals surface area contributed by atoms with E-state index in [2.05, 4.69) is 61.5 Å². The van der Waals surface area contributed by atoms with Gasteiger partial charge in [-0.25, -0.2) is 15.0 Å². The van der Waals surface area contributed by atoms with Crippen LogP contribution in [0.3, 0.4) is 0 Å². The zero-order valence-corrected chi connectivity index (χ0v) is 24.6. The number of halogens is 1. The fourth-order valence-corrected chi connectivity index (χ4v) is 5.35. The van der Waals surface area contributed by atoms with Crippen LogP contribution in [0.4, 0.5) is 11.6 Å². The van der Waals surface area contributed by atoms with Crippen LogP contribution in [0.1, 0.15) is 38.2 Å². The van der Waals surface area contributed by atoms with E-state index in [1.807, 2.05) is 26.0 Å². The standard InChI is InChI=1S/C30H28ClN7O.C2H6/c1-37-14-10-20(11-15-37)19-4-7-23(8-5-19)35-30-34-18-22-17-25(29(39)38(2)28(22)36-30)24-16-21(6-9-26(24)31)27-32-12-3-13-33-27;1-2/h3-9,12-13,16-18,20H,10-11,14-15H2,1-2H3,(H,34,35,36);1-2H3. The molecule has 1 aliphatic heterocycles. The summed E-state index contributed by atoms with van der Waals surface area (Å²) in [5, 5.41) is 4.48. The van der Waals surface area contributed by atoms with Gasteiger partial charge in [-0.15, -0.1) is 0 Å². The van der Waals surface area contributed by atoms with Crippen molar-refractivity contribution < 1.29 is 0 Å². The minimum atomic E-state index is -0.206. The third kappa shape index (κ3) is 6.14. The smallest absolute Gasteiger partial charge is 0.259 e. The van der Waals surface area contributed by atoms with Gasteiger partial charge in [0.1, 0.15) is 5.65 Å². The maximum atomic E-state index is 13.5. The van der Waals surface area contributed by atoms with Crippen LogP contribution in [0.25, 0.3) is 33.5 Å². The molecule has 210 valence electrons. The van der Waals surface area contributed by atoms with Crippen LogP contribution < -0.4 is 10.9 Å². The van der Waals surface area contributed by atoms with Crippen LogP contribution in [0.15, 0.2) is 78.0 Å². The van der Waals surface area contributed by atoms with Gasteiger partial charge in [-0.3, -0.25) is 9.36 Å². The fourth-order valence-electron chi connectivity index (χ4n) is 5.13. The molecule has 8 nitrogen and oxygen atoms in total. The minimum absolute atomic E-state index is 0.206. The van der Waals surface area contributed by atoms with E-state index in [0.717, 1.165) is 29.7 Å². The van der Waals surface area contributed by atoms with E-state index in [-0.39, 0.29) is 5.56 Å². The number of aromatic nitrogens is 5. The number of anilines is 2. The van der Waals surface area contributed by atoms with Gasteiger partial charge >= 0.3 is 0 Å². The second kappa shape index (κ2) is 12.6. The van der Waals surface area contributed by atoms with Gasteiger partial charge in [-0.2, -0.15) is 4.98 Å². The third-order valence-electron chi connectivity index (χ3n) is 7.39. The molecule has 0 amide bonds. The van der Waals surface area contributed by atoms with Crippen molar-refractivity contribution >= 4 is 34.3 Å². The van der Waals surface area contributed by atoms with Crippen molar-refractivity contribution in [2.75, 3.05) is 25.5 Å². The zero-order chi connectivity index (χ0) is 28.9. The van der Waals surface area contributed by atoms with Crippen LogP contribution in [0.2, 0.25) is 5.02 Å². The van der Waals surface area contributed by atoms with E-state index in [4.69, 9.17) is 11.6 Å². The predicted octanol–water partition coefficient (Wildman–Crippen LogP) is 6.68. The van der Waals surface area contributed by atoms with Crippen molar-refractivity contribution in [3.8, 4) is 22.5 Å². The summed E-state index contributed by atoms with van der Waals surface area (Å²) >= 11 is 6.54. The average Bonchev–Trinajstić information content (AvgIpc) is 3.02. The molecule has 0 bridgehead atoms. The Morgan fingerprint density at radius 2 is 1.61 bits per heavy atom. The summed E-state index contributed by atoms with van der Waals surface area (Å²) < 4.78 is 1.53. The van der Waals surface area contributed by atoms with Gasteiger partial charge < -0.3 is 10.2 Å². The maximum absolute atomic E-state index is 13.5. The van der Waals surface area contributed by atoms with E-state index in [9.17, 15) is 4.79 Å². The molecule has 0 saturated carbocycles. The Hall–Kier alpha value is -4.14. The number of pyridine rings is 1. The van der Waals surface area contributed by atoms with Crippen LogP contribution in [0.5, 0.6) is 0 Å². The Morgan fingerprint density at radius 3 is 2.32 bits per heavy atom. The predicted molar refractivity (Wildman–Crippen MR) is 167 cm³/mol. The lowest BCUT2D eigenvalue weighted by Crippen LogP contribution is -2.29. The molecule has 2 aromatic carbocycles. The lowest BCUT2D eigenvalue weighted by Gasteiger charge is -2.29. The molecule has 0 atom stereocenters. The molecule has 5 aromatic rings. The molecule has 1 N–H and O–H groups in total. The molecule has 1 saturated heterocycles. The molecule has 1 fully saturated rings. The molecule has 0 unspecified atom stereocenters. The van der Waals surface area contributed by atoms with Crippen LogP contribution in [0, 0.1) is 0 Å². The first-order valence-electron chi connectivity index (χ1n) is 14.0. The Balaban J connectivity index is 0.00000165. The number of rotatable bonds is 5. The summed E-state index contributed by atoms with van der Waals surface area (Å²) in [7, 11) is 3.89. The monoisotopic (exact) mass is 567 g/mol. The lowest BCUT2D eigenvalue weighted by molar-refractivity contribution is 0.255. The number of hydrogen-bond donors (Lipinski definition) is 1. The number of benzene rings is 2. The Kier molecular flexibility index (Phi) is 8.71. The van der Waals surface area contributed by atoms with Gasteiger partial charge in [0.15, 0.2) is 5.82 Å². The first-order chi connectivity index (χ1) is 20.0. The number of fused-ring (bicyclic) bond motifs is 1. The molecule has 0 spiro atoms. The highest BCUT2D eigenvalue weighted by Crippen LogP contribution is 2.32. The summed E-state index contributed by atoms with van der Waals surface area (Å²) in [6.07, 6.45) is 7.45. The van der Waals surface area contributed by atoms with Crippen molar-refractivity contribution in [1.82, 2.24) is 29.4 Å². The van der Waals surface area contributed by atoms with E-state index in [0.29, 0.717) is 39.5 Å². The second-order valence-corrected chi connectivity index (χ2v) is 10.4. The van der Waals surface area contributed by atoms with Gasteiger partial charge in [0, 0.05) is 58.4 Å². The van der Waals surface area contributed by atoms with Crippen molar-refractivity contribution in [1.29, 1.82) is 0 Å². The summed E-state index contributed by atoms with van der Waals surface area (Å²) in [5.41, 5.74) is 4.43. The molecule has 3 aromatic heterocycles. The first-order valence-corrected chi connectivity index (χ1v) is 14.3. The Labute approximate surface area is 245 Å². The third-order valence-corrected chi connectivity index (χ3v) is 7.72. The molecule has 0 aliphatic carbocycles. The highest BCUT2D eigenvalue weighted by atomic mass is 35.5.